The topological polar surface area (TPSA) is 48.5 Å². The molecule has 0 amide bonds. The number of benzene rings is 1. The fourth-order valence-corrected chi connectivity index (χ4v) is 2.92. The summed E-state index contributed by atoms with van der Waals surface area (Å²) in [6, 6.07) is 3.25. The van der Waals surface area contributed by atoms with Gasteiger partial charge in [0.1, 0.15) is 23.8 Å². The van der Waals surface area contributed by atoms with Crippen LogP contribution >= 0.6 is 34.2 Å². The minimum Gasteiger partial charge on any atom is -0.326 e. The highest BCUT2D eigenvalue weighted by Gasteiger charge is 2.13. The molecule has 5 nitrogen and oxygen atoms in total. The van der Waals surface area contributed by atoms with Gasteiger partial charge < -0.3 is 9.13 Å². The first kappa shape index (κ1) is 14.7. The highest BCUT2D eigenvalue weighted by atomic mass is 127. The molecule has 3 rings (SSSR count). The lowest BCUT2D eigenvalue weighted by atomic mass is 10.3. The number of fused-ring (bicyclic) bond motifs is 1. The Morgan fingerprint density at radius 1 is 1.33 bits per heavy atom. The summed E-state index contributed by atoms with van der Waals surface area (Å²) >= 11 is 7.92. The van der Waals surface area contributed by atoms with Crippen LogP contribution in [-0.4, -0.2) is 24.3 Å². The van der Waals surface area contributed by atoms with Crippen molar-refractivity contribution in [3.05, 3.63) is 39.5 Å². The van der Waals surface area contributed by atoms with Gasteiger partial charge in [0.25, 0.3) is 0 Å². The summed E-state index contributed by atoms with van der Waals surface area (Å²) in [6.07, 6.45) is 2.34. The molecule has 0 N–H and O–H groups in total. The van der Waals surface area contributed by atoms with Crippen LogP contribution in [0.1, 0.15) is 11.6 Å². The molecule has 0 unspecified atom stereocenters. The van der Waals surface area contributed by atoms with Crippen LogP contribution in [0.2, 0.25) is 0 Å². The molecule has 0 radical (unpaired) electrons. The van der Waals surface area contributed by atoms with Gasteiger partial charge in [-0.05, 0) is 28.7 Å². The Hall–Kier alpha value is -1.22. The van der Waals surface area contributed by atoms with Crippen molar-refractivity contribution in [2.24, 2.45) is 7.05 Å². The van der Waals surface area contributed by atoms with E-state index in [-0.39, 0.29) is 11.7 Å². The third-order valence-corrected chi connectivity index (χ3v) is 4.42. The highest BCUT2D eigenvalue weighted by Crippen LogP contribution is 2.23. The molecule has 0 saturated heterocycles. The summed E-state index contributed by atoms with van der Waals surface area (Å²) in [6.45, 7) is 0.630. The molecule has 3 aromatic rings. The molecule has 2 aromatic heterocycles. The Kier molecular flexibility index (Phi) is 4.12. The Balaban J connectivity index is 2.00. The first-order valence-electron chi connectivity index (χ1n) is 6.33. The number of alkyl halides is 1. The number of hydrogen-bond acceptors (Lipinski definition) is 3. The Morgan fingerprint density at radius 3 is 2.81 bits per heavy atom. The first-order valence-corrected chi connectivity index (χ1v) is 7.94. The van der Waals surface area contributed by atoms with Crippen LogP contribution in [0.25, 0.3) is 11.0 Å². The number of aromatic nitrogens is 5. The lowest BCUT2D eigenvalue weighted by Crippen LogP contribution is -2.08. The zero-order valence-corrected chi connectivity index (χ0v) is 14.1. The molecule has 0 saturated carbocycles. The molecule has 0 aliphatic heterocycles. The zero-order chi connectivity index (χ0) is 15.0. The average Bonchev–Trinajstić information content (AvgIpc) is 3.01. The van der Waals surface area contributed by atoms with E-state index >= 15 is 0 Å². The van der Waals surface area contributed by atoms with Gasteiger partial charge in [-0.1, -0.05) is 0 Å². The van der Waals surface area contributed by atoms with Crippen LogP contribution in [0.4, 0.5) is 4.39 Å². The van der Waals surface area contributed by atoms with Gasteiger partial charge in [-0.15, -0.1) is 21.8 Å². The molecule has 0 aliphatic rings. The molecule has 8 heteroatoms. The molecular weight excluding hydrogens is 408 g/mol. The quantitative estimate of drug-likeness (QED) is 0.483. The first-order chi connectivity index (χ1) is 10.1. The van der Waals surface area contributed by atoms with Crippen LogP contribution in [-0.2, 0) is 25.9 Å². The SMILES string of the molecule is Cn1cnnc1CCn1c(CCl)nc2cc(I)c(F)cc21. The predicted octanol–water partition coefficient (Wildman–Crippen LogP) is 2.89. The molecule has 0 aliphatic carbocycles. The molecule has 0 spiro atoms. The van der Waals surface area contributed by atoms with Crippen LogP contribution in [0.15, 0.2) is 18.5 Å². The number of imidazole rings is 1. The van der Waals surface area contributed by atoms with Crippen LogP contribution in [0, 0.1) is 9.39 Å². The van der Waals surface area contributed by atoms with E-state index in [2.05, 4.69) is 15.2 Å². The van der Waals surface area contributed by atoms with Gasteiger partial charge in [0.05, 0.1) is 20.5 Å². The third kappa shape index (κ3) is 2.76. The van der Waals surface area contributed by atoms with Gasteiger partial charge in [-0.3, -0.25) is 0 Å². The molecule has 1 aromatic carbocycles. The third-order valence-electron chi connectivity index (χ3n) is 3.35. The fourth-order valence-electron chi connectivity index (χ4n) is 2.27. The minimum atomic E-state index is -0.246. The highest BCUT2D eigenvalue weighted by molar-refractivity contribution is 14.1. The van der Waals surface area contributed by atoms with Crippen molar-refractivity contribution in [1.29, 1.82) is 0 Å². The van der Waals surface area contributed by atoms with Crippen molar-refractivity contribution in [3.63, 3.8) is 0 Å². The largest absolute Gasteiger partial charge is 0.326 e. The van der Waals surface area contributed by atoms with Gasteiger partial charge in [-0.2, -0.15) is 0 Å². The molecule has 0 atom stereocenters. The molecule has 21 heavy (non-hydrogen) atoms. The number of aryl methyl sites for hydroxylation is 3. The number of halogens is 3. The summed E-state index contributed by atoms with van der Waals surface area (Å²) in [7, 11) is 1.89. The number of nitrogens with zero attached hydrogens (tertiary/aromatic N) is 5. The van der Waals surface area contributed by atoms with E-state index in [0.29, 0.717) is 16.5 Å². The lowest BCUT2D eigenvalue weighted by Gasteiger charge is -2.07. The smallest absolute Gasteiger partial charge is 0.138 e. The number of hydrogen-bond donors (Lipinski definition) is 0. The minimum absolute atomic E-state index is 0.246. The van der Waals surface area contributed by atoms with E-state index in [0.717, 1.165) is 22.7 Å². The van der Waals surface area contributed by atoms with E-state index in [1.807, 2.05) is 38.8 Å². The standard InChI is InChI=1S/C13H12ClFIN5/c1-20-7-17-19-12(20)2-3-21-11-4-8(15)9(16)5-10(11)18-13(21)6-14/h4-5,7H,2-3,6H2,1H3. The maximum absolute atomic E-state index is 13.8. The predicted molar refractivity (Wildman–Crippen MR) is 86.7 cm³/mol. The van der Waals surface area contributed by atoms with Crippen molar-refractivity contribution in [2.45, 2.75) is 18.8 Å². The van der Waals surface area contributed by atoms with E-state index in [1.54, 1.807) is 12.4 Å². The van der Waals surface area contributed by atoms with Gasteiger partial charge in [0.2, 0.25) is 0 Å². The van der Waals surface area contributed by atoms with Crippen molar-refractivity contribution >= 4 is 45.2 Å². The summed E-state index contributed by atoms with van der Waals surface area (Å²) < 4.78 is 18.2. The van der Waals surface area contributed by atoms with Crippen molar-refractivity contribution < 1.29 is 4.39 Å². The normalized spacial score (nSPS) is 11.4. The summed E-state index contributed by atoms with van der Waals surface area (Å²) in [5.41, 5.74) is 1.51. The second-order valence-electron chi connectivity index (χ2n) is 4.68. The van der Waals surface area contributed by atoms with Gasteiger partial charge in [0.15, 0.2) is 0 Å². The van der Waals surface area contributed by atoms with Crippen LogP contribution < -0.4 is 0 Å². The maximum atomic E-state index is 13.8. The Labute approximate surface area is 139 Å². The van der Waals surface area contributed by atoms with Gasteiger partial charge in [0, 0.05) is 26.1 Å². The summed E-state index contributed by atoms with van der Waals surface area (Å²) in [5, 5.41) is 7.91. The molecule has 0 bridgehead atoms. The number of rotatable bonds is 4. The molecule has 0 fully saturated rings. The second kappa shape index (κ2) is 5.88. The van der Waals surface area contributed by atoms with E-state index in [1.165, 1.54) is 6.07 Å². The summed E-state index contributed by atoms with van der Waals surface area (Å²) in [5.74, 6) is 1.63. The Morgan fingerprint density at radius 2 is 2.14 bits per heavy atom. The molecular formula is C13H12ClFIN5. The van der Waals surface area contributed by atoms with E-state index < -0.39 is 0 Å². The van der Waals surface area contributed by atoms with Crippen molar-refractivity contribution in [2.75, 3.05) is 0 Å². The Bertz CT molecular complexity index is 797. The molecule has 2 heterocycles. The van der Waals surface area contributed by atoms with Gasteiger partial charge >= 0.3 is 0 Å². The monoisotopic (exact) mass is 419 g/mol. The van der Waals surface area contributed by atoms with Crippen molar-refractivity contribution in [1.82, 2.24) is 24.3 Å². The maximum Gasteiger partial charge on any atom is 0.138 e. The van der Waals surface area contributed by atoms with Crippen LogP contribution in [0.5, 0.6) is 0 Å². The van der Waals surface area contributed by atoms with Crippen molar-refractivity contribution in [3.8, 4) is 0 Å². The molecule has 110 valence electrons. The fraction of sp³-hybridized carbons (Fsp3) is 0.308. The lowest BCUT2D eigenvalue weighted by molar-refractivity contribution is 0.617. The summed E-state index contributed by atoms with van der Waals surface area (Å²) in [4.78, 5) is 4.47. The zero-order valence-electron chi connectivity index (χ0n) is 11.2. The van der Waals surface area contributed by atoms with Crippen LogP contribution in [0.3, 0.4) is 0 Å². The van der Waals surface area contributed by atoms with E-state index in [4.69, 9.17) is 11.6 Å². The average molecular weight is 420 g/mol. The van der Waals surface area contributed by atoms with Gasteiger partial charge in [-0.25, -0.2) is 9.37 Å². The second-order valence-corrected chi connectivity index (χ2v) is 6.11. The van der Waals surface area contributed by atoms with E-state index in [9.17, 15) is 4.39 Å².